The molecule has 2 N–H and O–H groups in total. The van der Waals surface area contributed by atoms with Crippen LogP contribution in [0.2, 0.25) is 0 Å². The maximum absolute atomic E-state index is 12.0. The zero-order chi connectivity index (χ0) is 14.8. The first-order valence-corrected chi connectivity index (χ1v) is 7.64. The second-order valence-electron chi connectivity index (χ2n) is 5.04. The van der Waals surface area contributed by atoms with Gasteiger partial charge >= 0.3 is 5.97 Å². The average molecular weight is 298 g/mol. The van der Waals surface area contributed by atoms with Crippen LogP contribution in [0.3, 0.4) is 0 Å². The van der Waals surface area contributed by atoms with Crippen LogP contribution in [0, 0.1) is 13.8 Å². The number of aliphatic carboxylic acids is 1. The summed E-state index contributed by atoms with van der Waals surface area (Å²) >= 11 is 1.55. The molecule has 2 rings (SSSR count). The number of aromatic nitrogens is 1. The summed E-state index contributed by atoms with van der Waals surface area (Å²) in [6.07, 6.45) is 1.22. The first-order valence-electron chi connectivity index (χ1n) is 6.48. The standard InChI is InChI=1S/C13H18N2O4S/c1-8-10(9(2)19-15-8)3-4-11(16)14-13(12(17)18)5-6-20-7-13/h3-7H2,1-2H3,(H,14,16)(H,17,18). The molecule has 7 heteroatoms. The number of hydrogen-bond donors (Lipinski definition) is 2. The highest BCUT2D eigenvalue weighted by atomic mass is 32.2. The van der Waals surface area contributed by atoms with Crippen LogP contribution in [0.15, 0.2) is 4.52 Å². The highest BCUT2D eigenvalue weighted by Gasteiger charge is 2.43. The molecule has 0 aliphatic carbocycles. The fourth-order valence-corrected chi connectivity index (χ4v) is 3.64. The Hall–Kier alpha value is -1.50. The summed E-state index contributed by atoms with van der Waals surface area (Å²) in [6, 6.07) is 0. The second kappa shape index (κ2) is 5.87. The van der Waals surface area contributed by atoms with Gasteiger partial charge in [-0.25, -0.2) is 4.79 Å². The molecule has 1 amide bonds. The zero-order valence-electron chi connectivity index (χ0n) is 11.6. The molecular weight excluding hydrogens is 280 g/mol. The van der Waals surface area contributed by atoms with Crippen molar-refractivity contribution in [1.29, 1.82) is 0 Å². The van der Waals surface area contributed by atoms with E-state index < -0.39 is 11.5 Å². The number of hydrogen-bond acceptors (Lipinski definition) is 5. The van der Waals surface area contributed by atoms with Gasteiger partial charge in [0.15, 0.2) is 0 Å². The molecule has 2 heterocycles. The molecule has 6 nitrogen and oxygen atoms in total. The number of rotatable bonds is 5. The smallest absolute Gasteiger partial charge is 0.330 e. The van der Waals surface area contributed by atoms with E-state index in [0.29, 0.717) is 24.4 Å². The van der Waals surface area contributed by atoms with Gasteiger partial charge in [0.25, 0.3) is 0 Å². The Kier molecular flexibility index (Phi) is 4.37. The summed E-state index contributed by atoms with van der Waals surface area (Å²) in [6.45, 7) is 3.63. The number of nitrogens with one attached hydrogen (secondary N) is 1. The summed E-state index contributed by atoms with van der Waals surface area (Å²) in [4.78, 5) is 23.3. The largest absolute Gasteiger partial charge is 0.479 e. The monoisotopic (exact) mass is 298 g/mol. The average Bonchev–Trinajstić information content (AvgIpc) is 2.97. The minimum atomic E-state index is -1.10. The third-order valence-electron chi connectivity index (χ3n) is 3.59. The molecular formula is C13H18N2O4S. The minimum absolute atomic E-state index is 0.239. The van der Waals surface area contributed by atoms with Crippen molar-refractivity contribution in [2.45, 2.75) is 38.6 Å². The SMILES string of the molecule is Cc1noc(C)c1CCC(=O)NC1(C(=O)O)CCSC1. The molecule has 0 saturated carbocycles. The van der Waals surface area contributed by atoms with Crippen LogP contribution in [0.25, 0.3) is 0 Å². The first kappa shape index (κ1) is 14.9. The van der Waals surface area contributed by atoms with Crippen LogP contribution in [-0.4, -0.2) is 39.2 Å². The van der Waals surface area contributed by atoms with Crippen molar-refractivity contribution in [2.24, 2.45) is 0 Å². The van der Waals surface area contributed by atoms with Crippen molar-refractivity contribution >= 4 is 23.6 Å². The van der Waals surface area contributed by atoms with Gasteiger partial charge in [0.2, 0.25) is 5.91 Å². The molecule has 1 aromatic rings. The van der Waals surface area contributed by atoms with Crippen molar-refractivity contribution in [3.63, 3.8) is 0 Å². The maximum Gasteiger partial charge on any atom is 0.330 e. The van der Waals surface area contributed by atoms with Gasteiger partial charge in [-0.2, -0.15) is 11.8 Å². The lowest BCUT2D eigenvalue weighted by atomic mass is 9.98. The normalized spacial score (nSPS) is 21.9. The van der Waals surface area contributed by atoms with Gasteiger partial charge in [-0.3, -0.25) is 4.79 Å². The molecule has 1 aliphatic rings. The number of carbonyl (C=O) groups excluding carboxylic acids is 1. The molecule has 1 fully saturated rings. The van der Waals surface area contributed by atoms with Crippen LogP contribution >= 0.6 is 11.8 Å². The summed E-state index contributed by atoms with van der Waals surface area (Å²) < 4.78 is 5.04. The van der Waals surface area contributed by atoms with Gasteiger partial charge in [0.05, 0.1) is 5.69 Å². The molecule has 1 saturated heterocycles. The van der Waals surface area contributed by atoms with Gasteiger partial charge in [-0.05, 0) is 32.4 Å². The van der Waals surface area contributed by atoms with E-state index in [4.69, 9.17) is 4.52 Å². The van der Waals surface area contributed by atoms with Crippen molar-refractivity contribution < 1.29 is 19.2 Å². The Morgan fingerprint density at radius 3 is 2.75 bits per heavy atom. The van der Waals surface area contributed by atoms with Gasteiger partial charge < -0.3 is 14.9 Å². The van der Waals surface area contributed by atoms with E-state index in [1.54, 1.807) is 18.7 Å². The lowest BCUT2D eigenvalue weighted by Gasteiger charge is -2.24. The van der Waals surface area contributed by atoms with Gasteiger partial charge in [0.1, 0.15) is 11.3 Å². The van der Waals surface area contributed by atoms with E-state index in [2.05, 4.69) is 10.5 Å². The van der Waals surface area contributed by atoms with Gasteiger partial charge in [-0.15, -0.1) is 0 Å². The van der Waals surface area contributed by atoms with E-state index >= 15 is 0 Å². The molecule has 0 bridgehead atoms. The first-order chi connectivity index (χ1) is 9.44. The van der Waals surface area contributed by atoms with Crippen molar-refractivity contribution in [3.8, 4) is 0 Å². The number of aryl methyl sites for hydroxylation is 2. The van der Waals surface area contributed by atoms with Crippen molar-refractivity contribution in [1.82, 2.24) is 10.5 Å². The third kappa shape index (κ3) is 2.98. The predicted molar refractivity (Wildman–Crippen MR) is 74.7 cm³/mol. The predicted octanol–water partition coefficient (Wildman–Crippen LogP) is 1.30. The fraction of sp³-hybridized carbons (Fsp3) is 0.615. The van der Waals surface area contributed by atoms with Gasteiger partial charge in [-0.1, -0.05) is 5.16 Å². The van der Waals surface area contributed by atoms with Crippen LogP contribution < -0.4 is 5.32 Å². The highest BCUT2D eigenvalue weighted by Crippen LogP contribution is 2.28. The Morgan fingerprint density at radius 1 is 1.50 bits per heavy atom. The summed E-state index contributed by atoms with van der Waals surface area (Å²) in [7, 11) is 0. The second-order valence-corrected chi connectivity index (χ2v) is 6.15. The number of amides is 1. The summed E-state index contributed by atoms with van der Waals surface area (Å²) in [5, 5.41) is 15.8. The molecule has 1 aromatic heterocycles. The molecule has 110 valence electrons. The van der Waals surface area contributed by atoms with Crippen LogP contribution in [0.4, 0.5) is 0 Å². The van der Waals surface area contributed by atoms with E-state index in [9.17, 15) is 14.7 Å². The summed E-state index contributed by atoms with van der Waals surface area (Å²) in [5.41, 5.74) is 0.602. The molecule has 20 heavy (non-hydrogen) atoms. The van der Waals surface area contributed by atoms with Crippen LogP contribution in [-0.2, 0) is 16.0 Å². The lowest BCUT2D eigenvalue weighted by Crippen LogP contribution is -2.54. The number of nitrogens with zero attached hydrogens (tertiary/aromatic N) is 1. The van der Waals surface area contributed by atoms with Crippen LogP contribution in [0.1, 0.15) is 29.9 Å². The van der Waals surface area contributed by atoms with Crippen molar-refractivity contribution in [2.75, 3.05) is 11.5 Å². The molecule has 0 aromatic carbocycles. The van der Waals surface area contributed by atoms with Crippen molar-refractivity contribution in [3.05, 3.63) is 17.0 Å². The Balaban J connectivity index is 1.94. The molecule has 1 atom stereocenters. The van der Waals surface area contributed by atoms with Crippen LogP contribution in [0.5, 0.6) is 0 Å². The van der Waals surface area contributed by atoms with E-state index in [1.165, 1.54) is 0 Å². The Morgan fingerprint density at radius 2 is 2.25 bits per heavy atom. The number of thioether (sulfide) groups is 1. The number of carboxylic acid groups (broad SMARTS) is 1. The topological polar surface area (TPSA) is 92.4 Å². The fourth-order valence-electron chi connectivity index (χ4n) is 2.31. The lowest BCUT2D eigenvalue weighted by molar-refractivity contribution is -0.146. The molecule has 1 aliphatic heterocycles. The Bertz CT molecular complexity index is 501. The zero-order valence-corrected chi connectivity index (χ0v) is 12.4. The molecule has 1 unspecified atom stereocenters. The number of carbonyl (C=O) groups is 2. The summed E-state index contributed by atoms with van der Waals surface area (Å²) in [5.74, 6) is 0.707. The Labute approximate surface area is 121 Å². The maximum atomic E-state index is 12.0. The van der Waals surface area contributed by atoms with E-state index in [1.807, 2.05) is 6.92 Å². The third-order valence-corrected chi connectivity index (χ3v) is 4.78. The molecule has 0 radical (unpaired) electrons. The van der Waals surface area contributed by atoms with E-state index in [-0.39, 0.29) is 12.3 Å². The highest BCUT2D eigenvalue weighted by molar-refractivity contribution is 7.99. The van der Waals surface area contributed by atoms with Gasteiger partial charge in [0, 0.05) is 17.7 Å². The quantitative estimate of drug-likeness (QED) is 0.851. The minimum Gasteiger partial charge on any atom is -0.479 e. The molecule has 0 spiro atoms. The van der Waals surface area contributed by atoms with E-state index in [0.717, 1.165) is 17.0 Å². The number of carboxylic acids is 1.